The van der Waals surface area contributed by atoms with Crippen molar-refractivity contribution >= 4 is 67.2 Å². The summed E-state index contributed by atoms with van der Waals surface area (Å²) in [5.74, 6) is 0. The van der Waals surface area contributed by atoms with Crippen LogP contribution in [0.4, 0.5) is 0 Å². The maximum absolute atomic E-state index is 4.21. The van der Waals surface area contributed by atoms with Crippen LogP contribution in [0.1, 0.15) is 0 Å². The van der Waals surface area contributed by atoms with E-state index in [0.717, 1.165) is 14.9 Å². The van der Waals surface area contributed by atoms with Gasteiger partial charge in [0, 0.05) is 0 Å². The van der Waals surface area contributed by atoms with E-state index in [2.05, 4.69) is 10.5 Å². The molecule has 0 N–H and O–H groups in total. The molecule has 0 atom stereocenters. The van der Waals surface area contributed by atoms with Crippen molar-refractivity contribution in [1.82, 2.24) is 0 Å². The van der Waals surface area contributed by atoms with E-state index in [1.165, 1.54) is 0 Å². The molecular formula is H5GeLiMgS. The topological polar surface area (TPSA) is 0 Å². The fourth-order valence-electron chi connectivity index (χ4n) is 0. The molecule has 0 aromatic heterocycles. The number of hydrogen-bond acceptors (Lipinski definition) is 1. The summed E-state index contributed by atoms with van der Waals surface area (Å²) in [6, 6.07) is 0. The van der Waals surface area contributed by atoms with E-state index < -0.39 is 0 Å². The van der Waals surface area contributed by atoms with Crippen molar-refractivity contribution < 1.29 is 0 Å². The Kier molecular flexibility index (Phi) is 79.5. The standard InChI is InChI=1S/GeH2S.Li.Mg.3H/c1-2;;;;;/h1H2;;;;;. The second-order valence-electron chi connectivity index (χ2n) is 0. The molecule has 18 valence electrons. The van der Waals surface area contributed by atoms with Crippen LogP contribution >= 0.6 is 10.5 Å². The monoisotopic (exact) mass is 142 g/mol. The molecule has 4 heavy (non-hydrogen) atoms. The molecule has 0 nitrogen and oxygen atoms in total. The Balaban J connectivity index is -0.00000000500. The van der Waals surface area contributed by atoms with E-state index in [4.69, 9.17) is 0 Å². The summed E-state index contributed by atoms with van der Waals surface area (Å²) >= 11 is 0.958. The molecule has 0 amide bonds. The molecule has 0 aromatic carbocycles. The van der Waals surface area contributed by atoms with Gasteiger partial charge >= 0.3 is 67.2 Å². The van der Waals surface area contributed by atoms with E-state index in [1.54, 1.807) is 0 Å². The Morgan fingerprint density at radius 3 is 1.25 bits per heavy atom. The van der Waals surface area contributed by atoms with Gasteiger partial charge in [-0.3, -0.25) is 0 Å². The zero-order valence-electron chi connectivity index (χ0n) is 1.12. The Labute approximate surface area is 66.4 Å². The molecule has 0 saturated heterocycles. The van der Waals surface area contributed by atoms with E-state index in [9.17, 15) is 0 Å². The van der Waals surface area contributed by atoms with Gasteiger partial charge in [-0.1, -0.05) is 0 Å². The molecule has 0 rings (SSSR count). The van der Waals surface area contributed by atoms with Gasteiger partial charge in [-0.15, -0.1) is 0 Å². The van der Waals surface area contributed by atoms with Crippen LogP contribution in [0.2, 0.25) is 0 Å². The first-order valence-electron chi connectivity index (χ1n) is 0.289. The van der Waals surface area contributed by atoms with Crippen molar-refractivity contribution in [2.75, 3.05) is 0 Å². The van der Waals surface area contributed by atoms with E-state index in [-0.39, 0.29) is 41.9 Å². The van der Waals surface area contributed by atoms with Crippen molar-refractivity contribution in [2.45, 2.75) is 0 Å². The molecule has 0 aliphatic rings. The van der Waals surface area contributed by atoms with Crippen LogP contribution in [0.15, 0.2) is 0 Å². The van der Waals surface area contributed by atoms with Crippen molar-refractivity contribution in [2.24, 2.45) is 0 Å². The van der Waals surface area contributed by atoms with Gasteiger partial charge in [0.15, 0.2) is 0 Å². The Hall–Kier alpha value is 2.13. The third kappa shape index (κ3) is 8.92. The Morgan fingerprint density at radius 2 is 1.25 bits per heavy atom. The van der Waals surface area contributed by atoms with E-state index >= 15 is 0 Å². The van der Waals surface area contributed by atoms with Gasteiger partial charge in [-0.25, -0.2) is 0 Å². The van der Waals surface area contributed by atoms with Gasteiger partial charge in [0.25, 0.3) is 0 Å². The van der Waals surface area contributed by atoms with Crippen LogP contribution in [0.3, 0.4) is 0 Å². The quantitative estimate of drug-likeness (QED) is 0.357. The van der Waals surface area contributed by atoms with Crippen LogP contribution in [-0.2, 0) is 0 Å². The Bertz CT molecular complexity index is 8.00. The third-order valence-electron chi connectivity index (χ3n) is 0. The van der Waals surface area contributed by atoms with E-state index in [1.807, 2.05) is 0 Å². The first-order valence-corrected chi connectivity index (χ1v) is 4.50. The third-order valence-corrected chi connectivity index (χ3v) is 0. The van der Waals surface area contributed by atoms with Crippen LogP contribution < -0.4 is 0 Å². The van der Waals surface area contributed by atoms with Crippen molar-refractivity contribution in [3.05, 3.63) is 0 Å². The molecule has 0 saturated carbocycles. The molecule has 0 fully saturated rings. The zero-order valence-corrected chi connectivity index (χ0v) is 4.90. The molecule has 0 heterocycles. The van der Waals surface area contributed by atoms with Gasteiger partial charge in [-0.05, 0) is 0 Å². The van der Waals surface area contributed by atoms with Crippen LogP contribution in [0.5, 0.6) is 0 Å². The average Bonchev–Trinajstić information content (AvgIpc) is 1.00. The summed E-state index contributed by atoms with van der Waals surface area (Å²) in [4.78, 5) is 0. The maximum atomic E-state index is 4.21. The summed E-state index contributed by atoms with van der Waals surface area (Å²) in [6.07, 6.45) is 0. The molecule has 0 radical (unpaired) electrons. The summed E-state index contributed by atoms with van der Waals surface area (Å²) in [5.41, 5.74) is 0. The number of rotatable bonds is 0. The molecule has 0 aromatic rings. The molecule has 0 aliphatic carbocycles. The summed E-state index contributed by atoms with van der Waals surface area (Å²) in [7, 11) is 4.21. The molecular weight excluding hydrogens is 136 g/mol. The summed E-state index contributed by atoms with van der Waals surface area (Å²) in [6.45, 7) is 0. The minimum absolute atomic E-state index is 0. The molecule has 4 heteroatoms. The molecule has 0 aliphatic heterocycles. The normalized spacial score (nSPS) is 1.00. The van der Waals surface area contributed by atoms with Crippen molar-refractivity contribution in [3.8, 4) is 0 Å². The summed E-state index contributed by atoms with van der Waals surface area (Å²) in [5, 5.41) is 0. The minimum atomic E-state index is 0. The first-order chi connectivity index (χ1) is 1.00. The van der Waals surface area contributed by atoms with Gasteiger partial charge in [0.1, 0.15) is 0 Å². The molecule has 0 unspecified atom stereocenters. The van der Waals surface area contributed by atoms with Crippen LogP contribution in [0, 0.1) is 0 Å². The number of hydrogen-bond donors (Lipinski definition) is 0. The van der Waals surface area contributed by atoms with Crippen molar-refractivity contribution in [3.63, 3.8) is 0 Å². The van der Waals surface area contributed by atoms with Crippen molar-refractivity contribution in [1.29, 1.82) is 0 Å². The summed E-state index contributed by atoms with van der Waals surface area (Å²) < 4.78 is 0. The van der Waals surface area contributed by atoms with Crippen LogP contribution in [-0.4, -0.2) is 56.8 Å². The van der Waals surface area contributed by atoms with Gasteiger partial charge < -0.3 is 0 Å². The molecule has 0 spiro atoms. The zero-order chi connectivity index (χ0) is 2.00. The fourth-order valence-corrected chi connectivity index (χ4v) is 0. The average molecular weight is 141 g/mol. The predicted octanol–water partition coefficient (Wildman–Crippen LogP) is -1.83. The van der Waals surface area contributed by atoms with Gasteiger partial charge in [0.05, 0.1) is 0 Å². The second kappa shape index (κ2) is 19.3. The SMILES string of the molecule is [LiH].[MgH2].[S]=[GeH2]. The first kappa shape index (κ1) is 16.5. The second-order valence-corrected chi connectivity index (χ2v) is 0. The van der Waals surface area contributed by atoms with Crippen LogP contribution in [0.25, 0.3) is 0 Å². The molecule has 0 bridgehead atoms. The van der Waals surface area contributed by atoms with E-state index in [0.29, 0.717) is 0 Å². The van der Waals surface area contributed by atoms with Gasteiger partial charge in [-0.2, -0.15) is 0 Å². The Morgan fingerprint density at radius 1 is 1.25 bits per heavy atom. The predicted molar refractivity (Wildman–Crippen MR) is 31.8 cm³/mol. The van der Waals surface area contributed by atoms with Gasteiger partial charge in [0.2, 0.25) is 0 Å². The fraction of sp³-hybridized carbons (Fsp3) is 0.